The fraction of sp³-hybridized carbons (Fsp3) is 0.353. The van der Waals surface area contributed by atoms with E-state index in [0.717, 1.165) is 30.5 Å². The largest absolute Gasteiger partial charge is 0.481 e. The van der Waals surface area contributed by atoms with Crippen LogP contribution in [0.25, 0.3) is 5.69 Å². The van der Waals surface area contributed by atoms with Gasteiger partial charge in [0, 0.05) is 29.2 Å². The van der Waals surface area contributed by atoms with Crippen molar-refractivity contribution in [1.82, 2.24) is 15.1 Å². The molecule has 0 atom stereocenters. The molecule has 1 aliphatic rings. The number of nitrogens with one attached hydrogen (secondary N) is 1. The minimum atomic E-state index is -0.878. The summed E-state index contributed by atoms with van der Waals surface area (Å²) in [5.74, 6) is -1.16. The number of rotatable bonds is 6. The maximum absolute atomic E-state index is 12.4. The van der Waals surface area contributed by atoms with Crippen molar-refractivity contribution in [2.45, 2.75) is 32.1 Å². The first-order chi connectivity index (χ1) is 12.0. The number of carboxylic acid groups (broad SMARTS) is 1. The molecule has 1 aliphatic carbocycles. The van der Waals surface area contributed by atoms with E-state index in [0.29, 0.717) is 34.4 Å². The summed E-state index contributed by atoms with van der Waals surface area (Å²) >= 11 is 12.2. The molecule has 1 amide bonds. The van der Waals surface area contributed by atoms with Crippen LogP contribution in [0.3, 0.4) is 0 Å². The van der Waals surface area contributed by atoms with Crippen LogP contribution < -0.4 is 5.32 Å². The van der Waals surface area contributed by atoms with Crippen LogP contribution in [0, 0.1) is 0 Å². The van der Waals surface area contributed by atoms with Gasteiger partial charge in [-0.25, -0.2) is 4.68 Å². The van der Waals surface area contributed by atoms with E-state index in [4.69, 9.17) is 28.3 Å². The Kier molecular flexibility index (Phi) is 5.30. The quantitative estimate of drug-likeness (QED) is 0.752. The molecule has 25 heavy (non-hydrogen) atoms. The second-order valence-electron chi connectivity index (χ2n) is 5.89. The number of carboxylic acids is 1. The molecular weight excluding hydrogens is 365 g/mol. The molecule has 1 aromatic carbocycles. The van der Waals surface area contributed by atoms with Crippen LogP contribution in [0.2, 0.25) is 10.0 Å². The highest BCUT2D eigenvalue weighted by Gasteiger charge is 2.27. The summed E-state index contributed by atoms with van der Waals surface area (Å²) in [4.78, 5) is 23.0. The lowest BCUT2D eigenvalue weighted by Crippen LogP contribution is -2.26. The predicted octanol–water partition coefficient (Wildman–Crippen LogP) is 3.26. The number of hydrogen-bond donors (Lipinski definition) is 2. The second kappa shape index (κ2) is 7.45. The lowest BCUT2D eigenvalue weighted by atomic mass is 10.2. The van der Waals surface area contributed by atoms with Crippen molar-refractivity contribution < 1.29 is 14.7 Å². The minimum Gasteiger partial charge on any atom is -0.481 e. The van der Waals surface area contributed by atoms with Crippen LogP contribution in [-0.4, -0.2) is 33.3 Å². The summed E-state index contributed by atoms with van der Waals surface area (Å²) in [7, 11) is 0. The number of benzene rings is 1. The average Bonchev–Trinajstić information content (AvgIpc) is 3.14. The van der Waals surface area contributed by atoms with Crippen LogP contribution in [0.15, 0.2) is 18.2 Å². The number of fused-ring (bicyclic) bond motifs is 1. The van der Waals surface area contributed by atoms with E-state index in [2.05, 4.69) is 10.4 Å². The highest BCUT2D eigenvalue weighted by molar-refractivity contribution is 6.35. The number of amides is 1. The molecule has 0 bridgehead atoms. The van der Waals surface area contributed by atoms with E-state index in [-0.39, 0.29) is 12.3 Å². The molecule has 6 nitrogen and oxygen atoms in total. The highest BCUT2D eigenvalue weighted by atomic mass is 35.5. The van der Waals surface area contributed by atoms with E-state index >= 15 is 0 Å². The number of hydrogen-bond acceptors (Lipinski definition) is 3. The first-order valence-corrected chi connectivity index (χ1v) is 8.79. The molecule has 0 spiro atoms. The van der Waals surface area contributed by atoms with E-state index in [1.54, 1.807) is 22.9 Å². The van der Waals surface area contributed by atoms with Gasteiger partial charge in [-0.3, -0.25) is 9.59 Å². The maximum atomic E-state index is 12.4. The minimum absolute atomic E-state index is 0.0210. The van der Waals surface area contributed by atoms with Crippen LogP contribution in [0.1, 0.15) is 41.0 Å². The van der Waals surface area contributed by atoms with Crippen LogP contribution in [0.5, 0.6) is 0 Å². The Morgan fingerprint density at radius 1 is 1.28 bits per heavy atom. The summed E-state index contributed by atoms with van der Waals surface area (Å²) in [6.07, 6.45) is 2.98. The zero-order valence-corrected chi connectivity index (χ0v) is 14.9. The number of aromatic nitrogens is 2. The lowest BCUT2D eigenvalue weighted by Gasteiger charge is -2.08. The van der Waals surface area contributed by atoms with Crippen molar-refractivity contribution in [2.75, 3.05) is 6.54 Å². The zero-order valence-electron chi connectivity index (χ0n) is 13.4. The molecule has 8 heteroatoms. The van der Waals surface area contributed by atoms with Gasteiger partial charge in [-0.2, -0.15) is 5.10 Å². The number of carbonyl (C=O) groups excluding carboxylic acids is 1. The Bertz CT molecular complexity index is 833. The van der Waals surface area contributed by atoms with Gasteiger partial charge in [0.25, 0.3) is 5.91 Å². The van der Waals surface area contributed by atoms with Crippen LogP contribution in [-0.2, 0) is 17.6 Å². The number of nitrogens with zero attached hydrogens (tertiary/aromatic N) is 2. The van der Waals surface area contributed by atoms with E-state index in [1.807, 2.05) is 0 Å². The Morgan fingerprint density at radius 3 is 2.80 bits per heavy atom. The fourth-order valence-corrected chi connectivity index (χ4v) is 3.49. The van der Waals surface area contributed by atoms with Gasteiger partial charge in [-0.1, -0.05) is 23.2 Å². The molecule has 0 aliphatic heterocycles. The zero-order chi connectivity index (χ0) is 18.0. The first kappa shape index (κ1) is 17.8. The Balaban J connectivity index is 1.84. The summed E-state index contributed by atoms with van der Waals surface area (Å²) in [6.45, 7) is 0.300. The summed E-state index contributed by atoms with van der Waals surface area (Å²) < 4.78 is 1.72. The summed E-state index contributed by atoms with van der Waals surface area (Å²) in [5.41, 5.74) is 2.99. The van der Waals surface area contributed by atoms with Gasteiger partial charge in [0.05, 0.1) is 10.7 Å². The molecule has 0 radical (unpaired) electrons. The molecular formula is C17H17Cl2N3O3. The standard InChI is InChI=1S/C17H17Cl2N3O3/c18-10-6-7-14(12(19)9-10)22-13-4-1-3-11(13)16(21-22)17(25)20-8-2-5-15(23)24/h6-7,9H,1-5,8H2,(H,20,25)(H,23,24). The Morgan fingerprint density at radius 2 is 2.08 bits per heavy atom. The van der Waals surface area contributed by atoms with Crippen molar-refractivity contribution in [3.63, 3.8) is 0 Å². The fourth-order valence-electron chi connectivity index (χ4n) is 3.00. The molecule has 0 saturated heterocycles. The summed E-state index contributed by atoms with van der Waals surface area (Å²) in [5, 5.41) is 16.9. The highest BCUT2D eigenvalue weighted by Crippen LogP contribution is 2.31. The summed E-state index contributed by atoms with van der Waals surface area (Å²) in [6, 6.07) is 5.16. The molecule has 0 fully saturated rings. The van der Waals surface area contributed by atoms with Crippen molar-refractivity contribution in [1.29, 1.82) is 0 Å². The normalized spacial score (nSPS) is 12.9. The van der Waals surface area contributed by atoms with E-state index in [1.165, 1.54) is 0 Å². The van der Waals surface area contributed by atoms with Gasteiger partial charge < -0.3 is 10.4 Å². The van der Waals surface area contributed by atoms with Gasteiger partial charge in [0.2, 0.25) is 0 Å². The molecule has 3 rings (SSSR count). The Labute approximate surface area is 154 Å². The predicted molar refractivity (Wildman–Crippen MR) is 94.8 cm³/mol. The smallest absolute Gasteiger partial charge is 0.303 e. The van der Waals surface area contributed by atoms with E-state index in [9.17, 15) is 9.59 Å². The number of carbonyl (C=O) groups is 2. The first-order valence-electron chi connectivity index (χ1n) is 8.03. The third-order valence-electron chi connectivity index (χ3n) is 4.14. The monoisotopic (exact) mass is 381 g/mol. The molecule has 1 aromatic heterocycles. The van der Waals surface area contributed by atoms with Crippen LogP contribution in [0.4, 0.5) is 0 Å². The second-order valence-corrected chi connectivity index (χ2v) is 6.73. The van der Waals surface area contributed by atoms with Crippen molar-refractivity contribution in [2.24, 2.45) is 0 Å². The van der Waals surface area contributed by atoms with Gasteiger partial charge in [-0.05, 0) is 43.9 Å². The SMILES string of the molecule is O=C(O)CCCNC(=O)c1nn(-c2ccc(Cl)cc2Cl)c2c1CCC2. The molecule has 2 aromatic rings. The molecule has 132 valence electrons. The average molecular weight is 382 g/mol. The molecule has 1 heterocycles. The third kappa shape index (κ3) is 3.80. The van der Waals surface area contributed by atoms with Gasteiger partial charge in [-0.15, -0.1) is 0 Å². The van der Waals surface area contributed by atoms with E-state index < -0.39 is 5.97 Å². The molecule has 0 saturated carbocycles. The van der Waals surface area contributed by atoms with Crippen molar-refractivity contribution >= 4 is 35.1 Å². The van der Waals surface area contributed by atoms with Gasteiger partial charge in [0.1, 0.15) is 0 Å². The molecule has 0 unspecified atom stereocenters. The van der Waals surface area contributed by atoms with Crippen molar-refractivity contribution in [3.05, 3.63) is 45.2 Å². The molecule has 2 N–H and O–H groups in total. The van der Waals surface area contributed by atoms with Crippen LogP contribution >= 0.6 is 23.2 Å². The number of halogens is 2. The maximum Gasteiger partial charge on any atom is 0.303 e. The Hall–Kier alpha value is -2.05. The van der Waals surface area contributed by atoms with Crippen molar-refractivity contribution in [3.8, 4) is 5.69 Å². The third-order valence-corrected chi connectivity index (χ3v) is 4.67. The lowest BCUT2D eigenvalue weighted by molar-refractivity contribution is -0.137. The topological polar surface area (TPSA) is 84.2 Å². The van der Waals surface area contributed by atoms with Gasteiger partial charge in [0.15, 0.2) is 5.69 Å². The van der Waals surface area contributed by atoms with Gasteiger partial charge >= 0.3 is 5.97 Å². The number of aliphatic carboxylic acids is 1.